The van der Waals surface area contributed by atoms with Gasteiger partial charge in [0.15, 0.2) is 16.7 Å². The maximum Gasteiger partial charge on any atom is 0.161 e. The van der Waals surface area contributed by atoms with Crippen LogP contribution in [0.1, 0.15) is 0 Å². The van der Waals surface area contributed by atoms with Crippen LogP contribution in [-0.4, -0.2) is 13.7 Å². The molecular weight excluding hydrogens is 1510 g/mol. The van der Waals surface area contributed by atoms with Gasteiger partial charge in [0.1, 0.15) is 66.8 Å². The second-order valence-electron chi connectivity index (χ2n) is 31.5. The molecule has 0 aliphatic heterocycles. The molecule has 123 heavy (non-hydrogen) atoms. The van der Waals surface area contributed by atoms with Crippen molar-refractivity contribution in [1.82, 2.24) is 13.7 Å². The Kier molecular flexibility index (Phi) is 15.8. The van der Waals surface area contributed by atoms with Crippen LogP contribution < -0.4 is 0 Å². The van der Waals surface area contributed by atoms with Gasteiger partial charge in [-0.05, 0) is 166 Å². The topological polar surface area (TPSA) is 93.6 Å². The van der Waals surface area contributed by atoms with E-state index in [1.807, 2.05) is 18.2 Å². The van der Waals surface area contributed by atoms with E-state index in [1.165, 1.54) is 0 Å². The molecule has 27 rings (SSSR count). The number of aromatic nitrogens is 3. The molecule has 0 N–H and O–H groups in total. The summed E-state index contributed by atoms with van der Waals surface area (Å²) in [6.07, 6.45) is 0. The lowest BCUT2D eigenvalue weighted by Gasteiger charge is -2.08. The molecule has 9 aromatic heterocycles. The van der Waals surface area contributed by atoms with Crippen molar-refractivity contribution in [3.63, 3.8) is 0 Å². The molecule has 0 saturated carbocycles. The fraction of sp³-hybridized carbons (Fsp3) is 0. The number of fused-ring (bicyclic) bond motifs is 24. The highest BCUT2D eigenvalue weighted by atomic mass is 16.4. The molecule has 0 aliphatic carbocycles. The fourth-order valence-electron chi connectivity index (χ4n) is 19.3. The average molecular weight is 1580 g/mol. The van der Waals surface area contributed by atoms with E-state index in [4.69, 9.17) is 26.5 Å². The van der Waals surface area contributed by atoms with Crippen molar-refractivity contribution in [2.24, 2.45) is 0 Å². The highest BCUT2D eigenvalue weighted by Gasteiger charge is 2.28. The lowest BCUT2D eigenvalue weighted by atomic mass is 9.96. The summed E-state index contributed by atoms with van der Waals surface area (Å²) in [6.45, 7) is 0. The lowest BCUT2D eigenvalue weighted by Crippen LogP contribution is -1.92. The second-order valence-corrected chi connectivity index (χ2v) is 31.5. The molecule has 0 fully saturated rings. The molecule has 9 heteroatoms. The summed E-state index contributed by atoms with van der Waals surface area (Å²) >= 11 is 0. The molecule has 0 amide bonds. The molecule has 0 unspecified atom stereocenters. The highest BCUT2D eigenvalue weighted by molar-refractivity contribution is 6.25. The normalized spacial score (nSPS) is 11.9. The average Bonchev–Trinajstić information content (AvgIpc) is 1.56. The summed E-state index contributed by atoms with van der Waals surface area (Å²) in [6, 6.07) is 146. The van der Waals surface area contributed by atoms with E-state index in [2.05, 4.69) is 414 Å². The van der Waals surface area contributed by atoms with Gasteiger partial charge in [-0.3, -0.25) is 0 Å². The first-order valence-corrected chi connectivity index (χ1v) is 41.6. The second kappa shape index (κ2) is 28.0. The van der Waals surface area contributed by atoms with Crippen LogP contribution in [0.15, 0.2) is 445 Å². The third-order valence-electron chi connectivity index (χ3n) is 24.6. The van der Waals surface area contributed by atoms with Crippen molar-refractivity contribution in [2.45, 2.75) is 0 Å². The smallest absolute Gasteiger partial charge is 0.161 e. The van der Waals surface area contributed by atoms with Crippen LogP contribution in [0.3, 0.4) is 0 Å². The number of furan rings is 6. The van der Waals surface area contributed by atoms with Crippen LogP contribution >= 0.6 is 0 Å². The Morgan fingerprint density at radius 2 is 0.447 bits per heavy atom. The number of hydrogen-bond acceptors (Lipinski definition) is 6. The zero-order valence-electron chi connectivity index (χ0n) is 66.1. The Morgan fingerprint density at radius 1 is 0.146 bits per heavy atom. The summed E-state index contributed by atoms with van der Waals surface area (Å²) < 4.78 is 46.6. The van der Waals surface area contributed by atoms with Crippen LogP contribution in [0.25, 0.3) is 249 Å². The molecule has 9 nitrogen and oxygen atoms in total. The van der Waals surface area contributed by atoms with Gasteiger partial charge in [0.25, 0.3) is 0 Å². The van der Waals surface area contributed by atoms with Gasteiger partial charge < -0.3 is 40.2 Å². The Hall–Kier alpha value is -16.6. The van der Waals surface area contributed by atoms with Crippen molar-refractivity contribution in [2.75, 3.05) is 0 Å². The van der Waals surface area contributed by atoms with Gasteiger partial charge in [0.2, 0.25) is 0 Å². The van der Waals surface area contributed by atoms with Gasteiger partial charge in [0, 0.05) is 104 Å². The summed E-state index contributed by atoms with van der Waals surface area (Å²) in [5.41, 5.74) is 34.2. The Bertz CT molecular complexity index is 8780. The zero-order chi connectivity index (χ0) is 80.7. The highest BCUT2D eigenvalue weighted by Crippen LogP contribution is 2.50. The van der Waals surface area contributed by atoms with Crippen LogP contribution in [0.5, 0.6) is 0 Å². The fourth-order valence-corrected chi connectivity index (χ4v) is 19.3. The third-order valence-corrected chi connectivity index (χ3v) is 24.6. The van der Waals surface area contributed by atoms with E-state index in [-0.39, 0.29) is 0 Å². The minimum absolute atomic E-state index is 0.869. The van der Waals surface area contributed by atoms with Gasteiger partial charge in [0.05, 0.1) is 16.6 Å². The molecular formula is C114H69N3O6. The van der Waals surface area contributed by atoms with E-state index in [1.54, 1.807) is 0 Å². The van der Waals surface area contributed by atoms with Gasteiger partial charge in [-0.15, -0.1) is 0 Å². The zero-order valence-corrected chi connectivity index (χ0v) is 66.1. The van der Waals surface area contributed by atoms with Crippen LogP contribution in [-0.2, 0) is 0 Å². The maximum atomic E-state index is 6.83. The lowest BCUT2D eigenvalue weighted by molar-refractivity contribution is 0.669. The summed E-state index contributed by atoms with van der Waals surface area (Å²) in [7, 11) is 0. The van der Waals surface area contributed by atoms with E-state index in [9.17, 15) is 0 Å². The largest absolute Gasteiger partial charge is 0.455 e. The molecule has 0 atom stereocenters. The minimum atomic E-state index is 0.869. The molecule has 27 aromatic rings. The molecule has 0 spiro atoms. The molecule has 0 bridgehead atoms. The van der Waals surface area contributed by atoms with Gasteiger partial charge >= 0.3 is 0 Å². The Labute approximate surface area is 702 Å². The summed E-state index contributed by atoms with van der Waals surface area (Å²) in [4.78, 5) is 0. The summed E-state index contributed by atoms with van der Waals surface area (Å²) in [5, 5.41) is 13.3. The molecule has 0 radical (unpaired) electrons. The minimum Gasteiger partial charge on any atom is -0.455 e. The Morgan fingerprint density at radius 3 is 0.894 bits per heavy atom. The van der Waals surface area contributed by atoms with Gasteiger partial charge in [-0.1, -0.05) is 297 Å². The van der Waals surface area contributed by atoms with Crippen molar-refractivity contribution in [1.29, 1.82) is 0 Å². The standard InChI is InChI=1S/3C38H23NO2/c1-3-12-24(13-4-1)26-17-9-20-30-34-27(18-11-23-33(34)40-36(26)30)28-19-10-21-31-35-38(41-37(28)31)29-16-7-8-22-32(29)39(35)25-14-5-2-6-15-25;1-3-11-24(12-4-1)28-17-9-18-31-35-27(16-10-20-33(35)40-37(28)31)25-21-22-30-34(23-25)41-38-29-15-7-8-19-32(29)39(36(30)38)26-13-5-2-6-14-26;1-3-11-24(12-4-1)28-17-9-18-30-35-27(16-10-20-34(35)41-37(28)30)25-21-22-33-31(23-25)36-38(40-33)29-15-7-8-19-32(29)39(36)26-13-5-2-6-14-26/h3*1-23H. The van der Waals surface area contributed by atoms with Crippen molar-refractivity contribution < 1.29 is 26.5 Å². The van der Waals surface area contributed by atoms with Gasteiger partial charge in [-0.25, -0.2) is 0 Å². The van der Waals surface area contributed by atoms with E-state index in [0.29, 0.717) is 0 Å². The van der Waals surface area contributed by atoms with Crippen LogP contribution in [0.4, 0.5) is 0 Å². The van der Waals surface area contributed by atoms with E-state index >= 15 is 0 Å². The van der Waals surface area contributed by atoms with Crippen molar-refractivity contribution >= 4 is 165 Å². The third kappa shape index (κ3) is 11.0. The van der Waals surface area contributed by atoms with Crippen molar-refractivity contribution in [3.05, 3.63) is 419 Å². The SMILES string of the molecule is c1ccc(-c2cccc3c2oc2cccc(-c4ccc5c(c4)oc4c6ccccc6n(-c6ccccc6)c54)c23)cc1.c1ccc(-c2cccc3c2oc2cccc(-c4ccc5oc6c7ccccc7n(-c7ccccc7)c6c5c4)c23)cc1.c1ccc(-c2cccc3c2oc2cccc(-c4cccc5c4oc4c6ccccc6n(-c6ccccc6)c54)c23)cc1. The summed E-state index contributed by atoms with van der Waals surface area (Å²) in [5.74, 6) is 0. The van der Waals surface area contributed by atoms with E-state index < -0.39 is 0 Å². The number of hydrogen-bond donors (Lipinski definition) is 0. The molecule has 576 valence electrons. The number of rotatable bonds is 9. The number of benzene rings is 18. The monoisotopic (exact) mass is 1580 g/mol. The molecule has 0 saturated heterocycles. The first-order chi connectivity index (χ1) is 61.1. The van der Waals surface area contributed by atoms with Crippen molar-refractivity contribution in [3.8, 4) is 83.8 Å². The van der Waals surface area contributed by atoms with E-state index in [0.717, 1.165) is 249 Å². The Balaban J connectivity index is 0.000000101. The predicted molar refractivity (Wildman–Crippen MR) is 506 cm³/mol. The first kappa shape index (κ1) is 69.5. The maximum absolute atomic E-state index is 6.83. The predicted octanol–water partition coefficient (Wildman–Crippen LogP) is 32.3. The first-order valence-electron chi connectivity index (χ1n) is 41.6. The number of para-hydroxylation sites is 10. The molecule has 9 heterocycles. The van der Waals surface area contributed by atoms with Gasteiger partial charge in [-0.2, -0.15) is 0 Å². The quantitative estimate of drug-likeness (QED) is 0.143. The molecule has 18 aromatic carbocycles. The van der Waals surface area contributed by atoms with Crippen LogP contribution in [0.2, 0.25) is 0 Å². The molecule has 0 aliphatic rings. The van der Waals surface area contributed by atoms with Crippen LogP contribution in [0, 0.1) is 0 Å². The number of nitrogens with zero attached hydrogens (tertiary/aromatic N) is 3.